The fourth-order valence-corrected chi connectivity index (χ4v) is 7.37. The van der Waals surface area contributed by atoms with Crippen LogP contribution in [0.1, 0.15) is 0 Å². The molecule has 0 aliphatic rings. The predicted molar refractivity (Wildman–Crippen MR) is 158 cm³/mol. The Kier molecular flexibility index (Phi) is 5.42. The first-order chi connectivity index (χ1) is 17.8. The molecule has 0 unspecified atom stereocenters. The largest absolute Gasteiger partial charge is 0.0882 e. The van der Waals surface area contributed by atoms with Gasteiger partial charge in [-0.25, -0.2) is 0 Å². The van der Waals surface area contributed by atoms with Crippen LogP contribution in [0.15, 0.2) is 153 Å². The van der Waals surface area contributed by atoms with Crippen molar-refractivity contribution in [1.82, 2.24) is 0 Å². The Hall–Kier alpha value is -3.72. The molecule has 7 aromatic rings. The molecule has 2 heteroatoms. The predicted octanol–water partition coefficient (Wildman–Crippen LogP) is 10.6. The van der Waals surface area contributed by atoms with Gasteiger partial charge in [-0.15, -0.1) is 0 Å². The lowest BCUT2D eigenvalue weighted by Gasteiger charge is -2.14. The van der Waals surface area contributed by atoms with E-state index in [2.05, 4.69) is 133 Å². The molecule has 7 aromatic carbocycles. The number of rotatable bonds is 4. The van der Waals surface area contributed by atoms with Gasteiger partial charge in [-0.05, 0) is 67.4 Å². The lowest BCUT2D eigenvalue weighted by atomic mass is 10.0. The first-order valence-corrected chi connectivity index (χ1v) is 13.7. The average molecular weight is 495 g/mol. The molecule has 36 heavy (non-hydrogen) atoms. The van der Waals surface area contributed by atoms with Crippen molar-refractivity contribution in [2.45, 2.75) is 19.6 Å². The third-order valence-corrected chi connectivity index (χ3v) is 9.15. The molecule has 0 spiro atoms. The van der Waals surface area contributed by atoms with Crippen LogP contribution < -0.4 is 0 Å². The summed E-state index contributed by atoms with van der Waals surface area (Å²) in [6, 6.07) is 48.4. The molecule has 0 saturated heterocycles. The van der Waals surface area contributed by atoms with Gasteiger partial charge in [0, 0.05) is 19.6 Å². The maximum atomic E-state index is 2.34. The fraction of sp³-hybridized carbons (Fsp3) is 0. The summed E-state index contributed by atoms with van der Waals surface area (Å²) in [7, 11) is 0. The van der Waals surface area contributed by atoms with Crippen LogP contribution in [0.25, 0.3) is 43.1 Å². The van der Waals surface area contributed by atoms with Crippen LogP contribution in [0.3, 0.4) is 0 Å². The number of hydrogen-bond donors (Lipinski definition) is 0. The summed E-state index contributed by atoms with van der Waals surface area (Å²) in [4.78, 5) is 5.14. The average Bonchev–Trinajstić information content (AvgIpc) is 2.94. The summed E-state index contributed by atoms with van der Waals surface area (Å²) in [6.07, 6.45) is 0. The fourth-order valence-electron chi connectivity index (χ4n) is 5.06. The monoisotopic (exact) mass is 494 g/mol. The minimum Gasteiger partial charge on any atom is -0.0882 e. The van der Waals surface area contributed by atoms with Crippen molar-refractivity contribution in [2.24, 2.45) is 0 Å². The Balaban J connectivity index is 1.36. The quantitative estimate of drug-likeness (QED) is 0.223. The highest BCUT2D eigenvalue weighted by Gasteiger charge is 2.13. The van der Waals surface area contributed by atoms with Crippen LogP contribution in [0.5, 0.6) is 0 Å². The lowest BCUT2D eigenvalue weighted by Crippen LogP contribution is -1.85. The van der Waals surface area contributed by atoms with Gasteiger partial charge in [-0.1, -0.05) is 133 Å². The highest BCUT2D eigenvalue weighted by Crippen LogP contribution is 2.44. The number of benzene rings is 7. The summed E-state index contributed by atoms with van der Waals surface area (Å²) < 4.78 is 0. The van der Waals surface area contributed by atoms with Crippen LogP contribution in [0.2, 0.25) is 0 Å². The Morgan fingerprint density at radius 1 is 0.278 bits per heavy atom. The van der Waals surface area contributed by atoms with Crippen LogP contribution in [-0.4, -0.2) is 0 Å². The second-order valence-electron chi connectivity index (χ2n) is 8.93. The third-order valence-electron chi connectivity index (χ3n) is 6.75. The third kappa shape index (κ3) is 3.74. The minimum absolute atomic E-state index is 1.28. The van der Waals surface area contributed by atoms with E-state index in [1.54, 1.807) is 0 Å². The van der Waals surface area contributed by atoms with Crippen molar-refractivity contribution < 1.29 is 0 Å². The molecule has 0 fully saturated rings. The Morgan fingerprint density at radius 3 is 1.06 bits per heavy atom. The Labute approximate surface area is 219 Å². The first kappa shape index (κ1) is 21.6. The molecule has 0 heterocycles. The molecule has 0 N–H and O–H groups in total. The second kappa shape index (κ2) is 9.05. The van der Waals surface area contributed by atoms with Crippen molar-refractivity contribution in [3.05, 3.63) is 133 Å². The van der Waals surface area contributed by atoms with E-state index in [4.69, 9.17) is 0 Å². The molecule has 7 rings (SSSR count). The van der Waals surface area contributed by atoms with Gasteiger partial charge in [0.15, 0.2) is 0 Å². The van der Waals surface area contributed by atoms with Crippen molar-refractivity contribution in [3.63, 3.8) is 0 Å². The van der Waals surface area contributed by atoms with Gasteiger partial charge < -0.3 is 0 Å². The van der Waals surface area contributed by atoms with E-state index in [1.807, 2.05) is 23.5 Å². The zero-order chi connectivity index (χ0) is 23.9. The highest BCUT2D eigenvalue weighted by atomic mass is 32.2. The molecular weight excluding hydrogens is 473 g/mol. The molecular formula is C34H22S2. The smallest absolute Gasteiger partial charge is 0.0262 e. The molecule has 0 nitrogen and oxygen atoms in total. The van der Waals surface area contributed by atoms with Crippen molar-refractivity contribution in [2.75, 3.05) is 0 Å². The van der Waals surface area contributed by atoms with E-state index in [0.717, 1.165) is 0 Å². The van der Waals surface area contributed by atoms with Crippen molar-refractivity contribution in [1.29, 1.82) is 0 Å². The van der Waals surface area contributed by atoms with E-state index < -0.39 is 0 Å². The molecule has 0 saturated carbocycles. The summed E-state index contributed by atoms with van der Waals surface area (Å²) in [5.41, 5.74) is 0. The van der Waals surface area contributed by atoms with Crippen LogP contribution in [0.4, 0.5) is 0 Å². The van der Waals surface area contributed by atoms with E-state index in [0.29, 0.717) is 0 Å². The molecule has 170 valence electrons. The Bertz CT molecular complexity index is 1760. The maximum Gasteiger partial charge on any atom is 0.0262 e. The molecule has 0 atom stereocenters. The standard InChI is InChI=1S/C34H22S2/c1-3-13-25-23(11-1)21-33(29-17-7-5-15-27(25)29)35-31-19-9-10-20-32(31)36-34-22-24-12-2-4-14-26(24)28-16-6-8-18-30(28)34/h1-22H. The van der Waals surface area contributed by atoms with E-state index in [1.165, 1.54) is 62.7 Å². The van der Waals surface area contributed by atoms with E-state index in [9.17, 15) is 0 Å². The SMILES string of the molecule is c1ccc(Sc2cc3ccccc3c3ccccc23)c(Sc2cc3ccccc3c3ccccc23)c1. The van der Waals surface area contributed by atoms with Gasteiger partial charge >= 0.3 is 0 Å². The molecule has 0 aliphatic carbocycles. The summed E-state index contributed by atoms with van der Waals surface area (Å²) in [5, 5.41) is 10.4. The second-order valence-corrected chi connectivity index (χ2v) is 11.1. The van der Waals surface area contributed by atoms with Gasteiger partial charge in [0.05, 0.1) is 0 Å². The van der Waals surface area contributed by atoms with E-state index in [-0.39, 0.29) is 0 Å². The van der Waals surface area contributed by atoms with Crippen LogP contribution in [0, 0.1) is 0 Å². The zero-order valence-electron chi connectivity index (χ0n) is 19.5. The lowest BCUT2D eigenvalue weighted by molar-refractivity contribution is 1.24. The maximum absolute atomic E-state index is 2.34. The van der Waals surface area contributed by atoms with Gasteiger partial charge in [0.25, 0.3) is 0 Å². The van der Waals surface area contributed by atoms with Crippen LogP contribution >= 0.6 is 23.5 Å². The van der Waals surface area contributed by atoms with Gasteiger partial charge in [0.1, 0.15) is 0 Å². The van der Waals surface area contributed by atoms with Gasteiger partial charge in [-0.2, -0.15) is 0 Å². The highest BCUT2D eigenvalue weighted by molar-refractivity contribution is 8.02. The van der Waals surface area contributed by atoms with Gasteiger partial charge in [0.2, 0.25) is 0 Å². The molecule has 0 amide bonds. The van der Waals surface area contributed by atoms with Crippen molar-refractivity contribution in [3.8, 4) is 0 Å². The Morgan fingerprint density at radius 2 is 0.611 bits per heavy atom. The van der Waals surface area contributed by atoms with Crippen molar-refractivity contribution >= 4 is 66.6 Å². The zero-order valence-corrected chi connectivity index (χ0v) is 21.2. The molecule has 0 aromatic heterocycles. The van der Waals surface area contributed by atoms with Crippen LogP contribution in [-0.2, 0) is 0 Å². The first-order valence-electron chi connectivity index (χ1n) is 12.1. The summed E-state index contributed by atoms with van der Waals surface area (Å²) >= 11 is 3.73. The van der Waals surface area contributed by atoms with Gasteiger partial charge in [-0.3, -0.25) is 0 Å². The topological polar surface area (TPSA) is 0 Å². The molecule has 0 radical (unpaired) electrons. The normalized spacial score (nSPS) is 11.6. The number of fused-ring (bicyclic) bond motifs is 6. The summed E-state index contributed by atoms with van der Waals surface area (Å²) in [6.45, 7) is 0. The molecule has 0 aliphatic heterocycles. The number of hydrogen-bond acceptors (Lipinski definition) is 2. The minimum atomic E-state index is 1.28. The molecule has 0 bridgehead atoms. The van der Waals surface area contributed by atoms with E-state index >= 15 is 0 Å². The summed E-state index contributed by atoms with van der Waals surface area (Å²) in [5.74, 6) is 0.